The molecule has 1 unspecified atom stereocenters. The van der Waals surface area contributed by atoms with Gasteiger partial charge in [-0.15, -0.1) is 0 Å². The molecule has 1 atom stereocenters. The van der Waals surface area contributed by atoms with Crippen molar-refractivity contribution in [2.45, 2.75) is 13.0 Å². The Bertz CT molecular complexity index is 1300. The van der Waals surface area contributed by atoms with Gasteiger partial charge in [-0.05, 0) is 66.6 Å². The Kier molecular flexibility index (Phi) is 6.15. The summed E-state index contributed by atoms with van der Waals surface area (Å²) in [5, 5.41) is 11.7. The molecule has 168 valence electrons. The summed E-state index contributed by atoms with van der Waals surface area (Å²) in [6, 6.07) is 13.8. The number of anilines is 1. The highest BCUT2D eigenvalue weighted by molar-refractivity contribution is 6.52. The standard InChI is InChI=1S/C25H18Cl2FNO4/c1-13-11-17(33-2)8-9-18(13)23(30)21-22(14-3-5-15(28)6-4-14)29(25(32)24(21)31)16-7-10-19(26)20(27)12-16/h3-12,22,30H,1-2H3/b23-21+. The first kappa shape index (κ1) is 22.8. The van der Waals surface area contributed by atoms with Crippen LogP contribution in [-0.4, -0.2) is 23.9 Å². The van der Waals surface area contributed by atoms with Crippen LogP contribution in [0, 0.1) is 12.7 Å². The van der Waals surface area contributed by atoms with Gasteiger partial charge in [-0.1, -0.05) is 35.3 Å². The van der Waals surface area contributed by atoms with Gasteiger partial charge in [-0.2, -0.15) is 0 Å². The molecular formula is C25H18Cl2FNO4. The van der Waals surface area contributed by atoms with Crippen LogP contribution in [0.2, 0.25) is 10.0 Å². The van der Waals surface area contributed by atoms with E-state index in [0.717, 1.165) is 0 Å². The number of ether oxygens (including phenoxy) is 1. The van der Waals surface area contributed by atoms with E-state index in [2.05, 4.69) is 0 Å². The second-order valence-corrected chi connectivity index (χ2v) is 8.31. The van der Waals surface area contributed by atoms with Crippen molar-refractivity contribution in [2.75, 3.05) is 12.0 Å². The molecule has 1 aliphatic rings. The molecule has 33 heavy (non-hydrogen) atoms. The van der Waals surface area contributed by atoms with Crippen molar-refractivity contribution in [2.24, 2.45) is 0 Å². The molecule has 0 bridgehead atoms. The lowest BCUT2D eigenvalue weighted by atomic mass is 9.93. The number of nitrogens with zero attached hydrogens (tertiary/aromatic N) is 1. The minimum Gasteiger partial charge on any atom is -0.507 e. The number of hydrogen-bond acceptors (Lipinski definition) is 4. The van der Waals surface area contributed by atoms with E-state index in [4.69, 9.17) is 27.9 Å². The van der Waals surface area contributed by atoms with E-state index in [1.54, 1.807) is 31.2 Å². The maximum absolute atomic E-state index is 13.6. The van der Waals surface area contributed by atoms with Crippen LogP contribution >= 0.6 is 23.2 Å². The molecular weight excluding hydrogens is 468 g/mol. The molecule has 1 aliphatic heterocycles. The van der Waals surface area contributed by atoms with E-state index in [1.807, 2.05) is 0 Å². The fourth-order valence-electron chi connectivity index (χ4n) is 3.87. The number of carbonyl (C=O) groups is 2. The number of benzene rings is 3. The van der Waals surface area contributed by atoms with E-state index >= 15 is 0 Å². The number of halogens is 3. The molecule has 1 saturated heterocycles. The number of carbonyl (C=O) groups excluding carboxylic acids is 2. The predicted octanol–water partition coefficient (Wildman–Crippen LogP) is 6.08. The molecule has 4 rings (SSSR count). The SMILES string of the molecule is COc1ccc(/C(O)=C2\C(=O)C(=O)N(c3ccc(Cl)c(Cl)c3)C2c2ccc(F)cc2)c(C)c1. The van der Waals surface area contributed by atoms with Gasteiger partial charge in [0.05, 0.1) is 28.8 Å². The molecule has 0 radical (unpaired) electrons. The van der Waals surface area contributed by atoms with Crippen LogP contribution in [0.4, 0.5) is 10.1 Å². The molecule has 3 aromatic carbocycles. The highest BCUT2D eigenvalue weighted by atomic mass is 35.5. The maximum Gasteiger partial charge on any atom is 0.300 e. The minimum atomic E-state index is -1.01. The molecule has 1 amide bonds. The molecule has 5 nitrogen and oxygen atoms in total. The normalized spacial score (nSPS) is 17.5. The van der Waals surface area contributed by atoms with Gasteiger partial charge >= 0.3 is 0 Å². The van der Waals surface area contributed by atoms with E-state index < -0.39 is 23.5 Å². The van der Waals surface area contributed by atoms with Crippen molar-refractivity contribution >= 4 is 46.3 Å². The molecule has 0 aromatic heterocycles. The number of rotatable bonds is 4. The second-order valence-electron chi connectivity index (χ2n) is 7.50. The Balaban J connectivity index is 1.96. The van der Waals surface area contributed by atoms with Gasteiger partial charge in [0.15, 0.2) is 0 Å². The summed E-state index contributed by atoms with van der Waals surface area (Å²) in [7, 11) is 1.52. The molecule has 1 heterocycles. The fourth-order valence-corrected chi connectivity index (χ4v) is 4.16. The smallest absolute Gasteiger partial charge is 0.300 e. The Labute approximate surface area is 199 Å². The molecule has 3 aromatic rings. The lowest BCUT2D eigenvalue weighted by Gasteiger charge is -2.26. The van der Waals surface area contributed by atoms with E-state index in [-0.39, 0.29) is 21.4 Å². The average Bonchev–Trinajstić information content (AvgIpc) is 3.06. The molecule has 1 fully saturated rings. The van der Waals surface area contributed by atoms with Gasteiger partial charge in [0, 0.05) is 11.3 Å². The van der Waals surface area contributed by atoms with Gasteiger partial charge < -0.3 is 9.84 Å². The first-order chi connectivity index (χ1) is 15.7. The van der Waals surface area contributed by atoms with Crippen molar-refractivity contribution in [1.29, 1.82) is 0 Å². The number of aryl methyl sites for hydroxylation is 1. The maximum atomic E-state index is 13.6. The summed E-state index contributed by atoms with van der Waals surface area (Å²) in [4.78, 5) is 27.5. The second kappa shape index (κ2) is 8.89. The summed E-state index contributed by atoms with van der Waals surface area (Å²) in [5.41, 5.74) is 1.65. The van der Waals surface area contributed by atoms with Gasteiger partial charge in [0.1, 0.15) is 17.3 Å². The molecule has 1 N–H and O–H groups in total. The largest absolute Gasteiger partial charge is 0.507 e. The Morgan fingerprint density at radius 2 is 1.70 bits per heavy atom. The number of amides is 1. The van der Waals surface area contributed by atoms with Crippen molar-refractivity contribution in [3.8, 4) is 5.75 Å². The Morgan fingerprint density at radius 1 is 1.00 bits per heavy atom. The van der Waals surface area contributed by atoms with E-state index in [9.17, 15) is 19.1 Å². The van der Waals surface area contributed by atoms with Gasteiger partial charge in [0.25, 0.3) is 11.7 Å². The van der Waals surface area contributed by atoms with Crippen LogP contribution in [0.1, 0.15) is 22.7 Å². The zero-order valence-electron chi connectivity index (χ0n) is 17.6. The van der Waals surface area contributed by atoms with Crippen molar-refractivity contribution in [1.82, 2.24) is 0 Å². The van der Waals surface area contributed by atoms with Gasteiger partial charge in [0.2, 0.25) is 0 Å². The lowest BCUT2D eigenvalue weighted by Crippen LogP contribution is -2.29. The monoisotopic (exact) mass is 485 g/mol. The Morgan fingerprint density at radius 3 is 2.30 bits per heavy atom. The number of aliphatic hydroxyl groups excluding tert-OH is 1. The van der Waals surface area contributed by atoms with Crippen molar-refractivity contribution < 1.29 is 23.8 Å². The van der Waals surface area contributed by atoms with Crippen molar-refractivity contribution in [3.63, 3.8) is 0 Å². The van der Waals surface area contributed by atoms with Crippen LogP contribution in [0.5, 0.6) is 5.75 Å². The number of Topliss-reactive ketones (excluding diaryl/α,β-unsaturated/α-hetero) is 1. The number of aliphatic hydroxyl groups is 1. The average molecular weight is 486 g/mol. The summed E-state index contributed by atoms with van der Waals surface area (Å²) in [6.45, 7) is 1.75. The molecule has 0 aliphatic carbocycles. The summed E-state index contributed by atoms with van der Waals surface area (Å²) in [5.74, 6) is -1.96. The predicted molar refractivity (Wildman–Crippen MR) is 125 cm³/mol. The molecule has 0 spiro atoms. The van der Waals surface area contributed by atoms with Crippen LogP contribution < -0.4 is 9.64 Å². The van der Waals surface area contributed by atoms with Gasteiger partial charge in [-0.25, -0.2) is 4.39 Å². The third kappa shape index (κ3) is 4.08. The quantitative estimate of drug-likeness (QED) is 0.276. The lowest BCUT2D eigenvalue weighted by molar-refractivity contribution is -0.132. The summed E-state index contributed by atoms with van der Waals surface area (Å²) < 4.78 is 18.8. The third-order valence-electron chi connectivity index (χ3n) is 5.50. The van der Waals surface area contributed by atoms with Crippen LogP contribution in [-0.2, 0) is 9.59 Å². The van der Waals surface area contributed by atoms with Crippen LogP contribution in [0.25, 0.3) is 5.76 Å². The van der Waals surface area contributed by atoms with Gasteiger partial charge in [-0.3, -0.25) is 14.5 Å². The first-order valence-electron chi connectivity index (χ1n) is 9.89. The first-order valence-corrected chi connectivity index (χ1v) is 10.6. The number of hydrogen-bond donors (Lipinski definition) is 1. The summed E-state index contributed by atoms with van der Waals surface area (Å²) in [6.07, 6.45) is 0. The third-order valence-corrected chi connectivity index (χ3v) is 6.24. The highest BCUT2D eigenvalue weighted by Gasteiger charge is 2.47. The van der Waals surface area contributed by atoms with Crippen LogP contribution in [0.3, 0.4) is 0 Å². The minimum absolute atomic E-state index is 0.119. The molecule has 0 saturated carbocycles. The zero-order valence-corrected chi connectivity index (χ0v) is 19.1. The highest BCUT2D eigenvalue weighted by Crippen LogP contribution is 2.43. The van der Waals surface area contributed by atoms with Crippen molar-refractivity contribution in [3.05, 3.63) is 98.8 Å². The van der Waals surface area contributed by atoms with Crippen LogP contribution in [0.15, 0.2) is 66.2 Å². The topological polar surface area (TPSA) is 66.8 Å². The fraction of sp³-hybridized carbons (Fsp3) is 0.120. The summed E-state index contributed by atoms with van der Waals surface area (Å²) >= 11 is 12.2. The zero-order chi connectivity index (χ0) is 23.9. The Hall–Kier alpha value is -3.35. The van der Waals surface area contributed by atoms with E-state index in [1.165, 1.54) is 48.4 Å². The molecule has 8 heteroatoms. The number of methoxy groups -OCH3 is 1. The number of ketones is 1. The van der Waals surface area contributed by atoms with E-state index in [0.29, 0.717) is 28.1 Å².